The highest BCUT2D eigenvalue weighted by Crippen LogP contribution is 2.01. The maximum Gasteiger partial charge on any atom is 0.102 e. The zero-order chi connectivity index (χ0) is 8.81. The van der Waals surface area contributed by atoms with Crippen LogP contribution in [0.5, 0.6) is 0 Å². The van der Waals surface area contributed by atoms with Crippen LogP contribution >= 0.6 is 0 Å². The number of aliphatic imine (C=N–C) groups is 1. The van der Waals surface area contributed by atoms with Gasteiger partial charge in [0.15, 0.2) is 0 Å². The summed E-state index contributed by atoms with van der Waals surface area (Å²) in [4.78, 5) is 4.01. The lowest BCUT2D eigenvalue weighted by molar-refractivity contribution is -0.206. The topological polar surface area (TPSA) is 39.1 Å². The Labute approximate surface area is 73.4 Å². The molecule has 4 nitrogen and oxygen atoms in total. The van der Waals surface area contributed by atoms with Crippen LogP contribution in [0.4, 0.5) is 0 Å². The molecule has 0 spiro atoms. The van der Waals surface area contributed by atoms with Crippen LogP contribution in [0.2, 0.25) is 0 Å². The molecule has 1 N–H and O–H groups in total. The van der Waals surface area contributed by atoms with Gasteiger partial charge >= 0.3 is 0 Å². The van der Waals surface area contributed by atoms with Gasteiger partial charge in [-0.2, -0.15) is 0 Å². The number of hydrogen-bond acceptors (Lipinski definition) is 4. The first-order valence-corrected chi connectivity index (χ1v) is 4.57. The second-order valence-corrected chi connectivity index (χ2v) is 2.99. The average molecular weight is 171 g/mol. The minimum Gasteiger partial charge on any atom is -0.294 e. The number of unbranched alkanes of at least 4 members (excludes halogenated alkanes) is 2. The SMILES string of the molecule is CCCCCN(O)N1C=NCC1. The number of hydrogen-bond donors (Lipinski definition) is 1. The molecule has 0 radical (unpaired) electrons. The van der Waals surface area contributed by atoms with Crippen LogP contribution in [-0.4, -0.2) is 41.4 Å². The summed E-state index contributed by atoms with van der Waals surface area (Å²) in [5, 5.41) is 12.4. The van der Waals surface area contributed by atoms with Crippen molar-refractivity contribution in [3.63, 3.8) is 0 Å². The third-order valence-electron chi connectivity index (χ3n) is 1.93. The molecule has 0 aromatic rings. The molecule has 12 heavy (non-hydrogen) atoms. The van der Waals surface area contributed by atoms with Gasteiger partial charge in [-0.05, 0) is 6.42 Å². The van der Waals surface area contributed by atoms with Crippen molar-refractivity contribution < 1.29 is 5.21 Å². The lowest BCUT2D eigenvalue weighted by atomic mass is 10.2. The van der Waals surface area contributed by atoms with Crippen molar-refractivity contribution in [2.75, 3.05) is 19.6 Å². The monoisotopic (exact) mass is 171 g/mol. The van der Waals surface area contributed by atoms with Crippen molar-refractivity contribution in [1.29, 1.82) is 0 Å². The van der Waals surface area contributed by atoms with Gasteiger partial charge in [0.2, 0.25) is 0 Å². The summed E-state index contributed by atoms with van der Waals surface area (Å²) in [5.41, 5.74) is 0. The molecular formula is C8H17N3O. The zero-order valence-corrected chi connectivity index (χ0v) is 7.61. The minimum atomic E-state index is 0.708. The van der Waals surface area contributed by atoms with Gasteiger partial charge in [0.25, 0.3) is 0 Å². The first-order chi connectivity index (χ1) is 5.84. The number of rotatable bonds is 5. The molecule has 0 saturated heterocycles. The molecule has 0 unspecified atom stereocenters. The van der Waals surface area contributed by atoms with Crippen molar-refractivity contribution in [3.05, 3.63) is 0 Å². The smallest absolute Gasteiger partial charge is 0.102 e. The van der Waals surface area contributed by atoms with E-state index in [9.17, 15) is 5.21 Å². The Kier molecular flexibility index (Phi) is 4.04. The van der Waals surface area contributed by atoms with E-state index in [0.717, 1.165) is 19.5 Å². The molecular weight excluding hydrogens is 154 g/mol. The highest BCUT2D eigenvalue weighted by molar-refractivity contribution is 5.55. The van der Waals surface area contributed by atoms with Gasteiger partial charge in [-0.1, -0.05) is 19.8 Å². The molecule has 0 fully saturated rings. The van der Waals surface area contributed by atoms with E-state index in [-0.39, 0.29) is 0 Å². The Balaban J connectivity index is 2.10. The van der Waals surface area contributed by atoms with E-state index in [0.29, 0.717) is 6.54 Å². The van der Waals surface area contributed by atoms with Crippen LogP contribution in [0.25, 0.3) is 0 Å². The normalized spacial score (nSPS) is 16.4. The first kappa shape index (κ1) is 9.48. The molecule has 0 atom stereocenters. The summed E-state index contributed by atoms with van der Waals surface area (Å²) < 4.78 is 0. The molecule has 4 heteroatoms. The molecule has 70 valence electrons. The summed E-state index contributed by atoms with van der Waals surface area (Å²) in [6, 6.07) is 0. The van der Waals surface area contributed by atoms with Crippen molar-refractivity contribution >= 4 is 6.34 Å². The fourth-order valence-corrected chi connectivity index (χ4v) is 1.18. The molecule has 1 aliphatic rings. The van der Waals surface area contributed by atoms with Gasteiger partial charge in [0.1, 0.15) is 6.34 Å². The Morgan fingerprint density at radius 2 is 2.42 bits per heavy atom. The van der Waals surface area contributed by atoms with Gasteiger partial charge < -0.3 is 0 Å². The highest BCUT2D eigenvalue weighted by atomic mass is 16.5. The van der Waals surface area contributed by atoms with E-state index < -0.39 is 0 Å². The lowest BCUT2D eigenvalue weighted by Gasteiger charge is -2.23. The van der Waals surface area contributed by atoms with Crippen LogP contribution in [0, 0.1) is 0 Å². The largest absolute Gasteiger partial charge is 0.294 e. The minimum absolute atomic E-state index is 0.708. The zero-order valence-electron chi connectivity index (χ0n) is 7.61. The molecule has 1 rings (SSSR count). The number of hydroxylamine groups is 1. The summed E-state index contributed by atoms with van der Waals surface area (Å²) in [6.45, 7) is 4.46. The maximum absolute atomic E-state index is 9.44. The predicted molar refractivity (Wildman–Crippen MR) is 48.1 cm³/mol. The molecule has 0 bridgehead atoms. The second-order valence-electron chi connectivity index (χ2n) is 2.99. The van der Waals surface area contributed by atoms with Crippen molar-refractivity contribution in [2.45, 2.75) is 26.2 Å². The van der Waals surface area contributed by atoms with Gasteiger partial charge in [-0.3, -0.25) is 15.2 Å². The highest BCUT2D eigenvalue weighted by Gasteiger charge is 2.11. The maximum atomic E-state index is 9.44. The van der Waals surface area contributed by atoms with Crippen molar-refractivity contribution in [1.82, 2.24) is 10.2 Å². The molecule has 0 amide bonds. The molecule has 1 aliphatic heterocycles. The molecule has 1 heterocycles. The summed E-state index contributed by atoms with van der Waals surface area (Å²) >= 11 is 0. The number of nitrogens with zero attached hydrogens (tertiary/aromatic N) is 3. The number of hydrazine groups is 1. The van der Waals surface area contributed by atoms with E-state index in [4.69, 9.17) is 0 Å². The van der Waals surface area contributed by atoms with E-state index in [1.165, 1.54) is 18.0 Å². The van der Waals surface area contributed by atoms with Crippen molar-refractivity contribution in [2.24, 2.45) is 4.99 Å². The lowest BCUT2D eigenvalue weighted by Crippen LogP contribution is -2.38. The third-order valence-corrected chi connectivity index (χ3v) is 1.93. The molecule has 0 aliphatic carbocycles. The Morgan fingerprint density at radius 3 is 3.00 bits per heavy atom. The summed E-state index contributed by atoms with van der Waals surface area (Å²) in [6.07, 6.45) is 5.08. The van der Waals surface area contributed by atoms with Gasteiger partial charge in [-0.15, -0.1) is 5.17 Å². The van der Waals surface area contributed by atoms with Crippen molar-refractivity contribution in [3.8, 4) is 0 Å². The fourth-order valence-electron chi connectivity index (χ4n) is 1.18. The van der Waals surface area contributed by atoms with Crippen LogP contribution in [0.15, 0.2) is 4.99 Å². The van der Waals surface area contributed by atoms with Gasteiger partial charge in [-0.25, -0.2) is 0 Å². The van der Waals surface area contributed by atoms with Crippen LogP contribution in [-0.2, 0) is 0 Å². The van der Waals surface area contributed by atoms with E-state index >= 15 is 0 Å². The Hall–Kier alpha value is -0.610. The summed E-state index contributed by atoms with van der Waals surface area (Å²) in [5.74, 6) is 0. The molecule has 0 aromatic heterocycles. The predicted octanol–water partition coefficient (Wildman–Crippen LogP) is 1.13. The van der Waals surface area contributed by atoms with E-state index in [1.807, 2.05) is 0 Å². The molecule has 0 aromatic carbocycles. The van der Waals surface area contributed by atoms with E-state index in [2.05, 4.69) is 11.9 Å². The van der Waals surface area contributed by atoms with Crippen LogP contribution in [0.3, 0.4) is 0 Å². The van der Waals surface area contributed by atoms with Gasteiger partial charge in [0, 0.05) is 6.54 Å². The van der Waals surface area contributed by atoms with Crippen LogP contribution < -0.4 is 0 Å². The standard InChI is InChI=1S/C8H17N3O/c1-2-3-4-6-11(12)10-7-5-9-8-10/h8,12H,2-7H2,1H3. The molecule has 0 saturated carbocycles. The quantitative estimate of drug-likeness (QED) is 0.498. The first-order valence-electron chi connectivity index (χ1n) is 4.57. The van der Waals surface area contributed by atoms with E-state index in [1.54, 1.807) is 11.3 Å². The third kappa shape index (κ3) is 2.79. The van der Waals surface area contributed by atoms with Gasteiger partial charge in [0.05, 0.1) is 13.1 Å². The average Bonchev–Trinajstić information content (AvgIpc) is 2.56. The summed E-state index contributed by atoms with van der Waals surface area (Å²) in [7, 11) is 0. The second kappa shape index (κ2) is 5.11. The Bertz CT molecular complexity index is 149. The van der Waals surface area contributed by atoms with Crippen LogP contribution in [0.1, 0.15) is 26.2 Å². The fraction of sp³-hybridized carbons (Fsp3) is 0.875. The Morgan fingerprint density at radius 1 is 1.58 bits per heavy atom.